The van der Waals surface area contributed by atoms with E-state index in [2.05, 4.69) is 24.1 Å². The van der Waals surface area contributed by atoms with E-state index in [0.717, 1.165) is 44.3 Å². The van der Waals surface area contributed by atoms with Crippen molar-refractivity contribution in [2.75, 3.05) is 19.6 Å². The van der Waals surface area contributed by atoms with Crippen LogP contribution in [-0.2, 0) is 4.79 Å². The zero-order valence-corrected chi connectivity index (χ0v) is 11.2. The molecule has 0 spiro atoms. The van der Waals surface area contributed by atoms with Gasteiger partial charge in [-0.3, -0.25) is 4.79 Å². The van der Waals surface area contributed by atoms with Crippen molar-refractivity contribution in [2.45, 2.75) is 52.0 Å². The zero-order valence-electron chi connectivity index (χ0n) is 11.2. The molecule has 3 unspecified atom stereocenters. The molecule has 2 aliphatic heterocycles. The fraction of sp³-hybridized carbons (Fsp3) is 0.929. The Labute approximate surface area is 105 Å². The Kier molecular flexibility index (Phi) is 4.43. The number of nitrogens with one attached hydrogen (secondary N) is 1. The van der Waals surface area contributed by atoms with Gasteiger partial charge < -0.3 is 10.2 Å². The molecule has 0 aromatic carbocycles. The first kappa shape index (κ1) is 12.9. The molecule has 17 heavy (non-hydrogen) atoms. The van der Waals surface area contributed by atoms with Crippen molar-refractivity contribution in [1.29, 1.82) is 0 Å². The van der Waals surface area contributed by atoms with Crippen LogP contribution in [0.4, 0.5) is 0 Å². The maximum absolute atomic E-state index is 12.2. The molecular formula is C14H26N2O. The third-order valence-electron chi connectivity index (χ3n) is 4.39. The fourth-order valence-electron chi connectivity index (χ4n) is 3.21. The molecule has 2 saturated heterocycles. The summed E-state index contributed by atoms with van der Waals surface area (Å²) in [6.07, 6.45) is 5.44. The number of hydrogen-bond donors (Lipinski definition) is 1. The van der Waals surface area contributed by atoms with Crippen molar-refractivity contribution in [2.24, 2.45) is 11.8 Å². The Morgan fingerprint density at radius 1 is 1.35 bits per heavy atom. The van der Waals surface area contributed by atoms with Gasteiger partial charge in [0, 0.05) is 19.0 Å². The highest BCUT2D eigenvalue weighted by atomic mass is 16.2. The van der Waals surface area contributed by atoms with Gasteiger partial charge in [0.25, 0.3) is 0 Å². The van der Waals surface area contributed by atoms with E-state index in [4.69, 9.17) is 0 Å². The number of carbonyl (C=O) groups excluding carboxylic acids is 1. The van der Waals surface area contributed by atoms with Gasteiger partial charge in [-0.15, -0.1) is 0 Å². The highest BCUT2D eigenvalue weighted by Gasteiger charge is 2.27. The first-order valence-corrected chi connectivity index (χ1v) is 7.17. The minimum absolute atomic E-state index is 0.385. The fourth-order valence-corrected chi connectivity index (χ4v) is 3.21. The molecule has 3 heteroatoms. The monoisotopic (exact) mass is 238 g/mol. The molecule has 0 aliphatic carbocycles. The summed E-state index contributed by atoms with van der Waals surface area (Å²) in [7, 11) is 0. The summed E-state index contributed by atoms with van der Waals surface area (Å²) in [5.74, 6) is 1.90. The smallest absolute Gasteiger partial charge is 0.222 e. The molecule has 0 aromatic heterocycles. The lowest BCUT2D eigenvalue weighted by molar-refractivity contribution is -0.135. The quantitative estimate of drug-likeness (QED) is 0.816. The van der Waals surface area contributed by atoms with Gasteiger partial charge in [-0.25, -0.2) is 0 Å². The highest BCUT2D eigenvalue weighted by molar-refractivity contribution is 5.76. The van der Waals surface area contributed by atoms with E-state index in [0.29, 0.717) is 11.9 Å². The highest BCUT2D eigenvalue weighted by Crippen LogP contribution is 2.24. The number of nitrogens with zero attached hydrogens (tertiary/aromatic N) is 1. The predicted octanol–water partition coefficient (Wildman–Crippen LogP) is 2.02. The first-order valence-electron chi connectivity index (χ1n) is 7.17. The molecule has 3 nitrogen and oxygen atoms in total. The van der Waals surface area contributed by atoms with Gasteiger partial charge in [0.1, 0.15) is 0 Å². The van der Waals surface area contributed by atoms with Gasteiger partial charge >= 0.3 is 0 Å². The van der Waals surface area contributed by atoms with E-state index < -0.39 is 0 Å². The minimum Gasteiger partial charge on any atom is -0.340 e. The van der Waals surface area contributed by atoms with Crippen LogP contribution >= 0.6 is 0 Å². The van der Waals surface area contributed by atoms with Crippen molar-refractivity contribution in [3.05, 3.63) is 0 Å². The summed E-state index contributed by atoms with van der Waals surface area (Å²) in [5, 5.41) is 3.37. The molecule has 2 rings (SSSR count). The second-order valence-corrected chi connectivity index (χ2v) is 5.96. The Bertz CT molecular complexity index is 261. The topological polar surface area (TPSA) is 32.3 Å². The molecule has 2 heterocycles. The molecule has 0 saturated carbocycles. The van der Waals surface area contributed by atoms with Gasteiger partial charge in [0.05, 0.1) is 0 Å². The van der Waals surface area contributed by atoms with Crippen LogP contribution in [0.15, 0.2) is 0 Å². The average Bonchev–Trinajstić information content (AvgIpc) is 2.78. The number of rotatable bonds is 3. The summed E-state index contributed by atoms with van der Waals surface area (Å²) in [6.45, 7) is 7.72. The standard InChI is InChI=1S/C14H26N2O/c1-11-6-8-16(12(2)9-11)14(17)4-3-13-5-7-15-10-13/h11-13,15H,3-10H2,1-2H3. The first-order chi connectivity index (χ1) is 8.16. The average molecular weight is 238 g/mol. The second kappa shape index (κ2) is 5.85. The van der Waals surface area contributed by atoms with Crippen molar-refractivity contribution >= 4 is 5.91 Å². The molecule has 0 aromatic rings. The van der Waals surface area contributed by atoms with E-state index in [-0.39, 0.29) is 0 Å². The molecule has 3 atom stereocenters. The summed E-state index contributed by atoms with van der Waals surface area (Å²) in [6, 6.07) is 0.452. The molecular weight excluding hydrogens is 212 g/mol. The molecule has 2 fully saturated rings. The van der Waals surface area contributed by atoms with Crippen LogP contribution in [0.25, 0.3) is 0 Å². The summed E-state index contributed by atoms with van der Waals surface area (Å²) < 4.78 is 0. The van der Waals surface area contributed by atoms with Crippen LogP contribution in [0.5, 0.6) is 0 Å². The van der Waals surface area contributed by atoms with Gasteiger partial charge in [-0.2, -0.15) is 0 Å². The zero-order chi connectivity index (χ0) is 12.3. The molecule has 2 aliphatic rings. The lowest BCUT2D eigenvalue weighted by Gasteiger charge is -2.36. The number of amides is 1. The van der Waals surface area contributed by atoms with Crippen LogP contribution in [0.2, 0.25) is 0 Å². The van der Waals surface area contributed by atoms with Gasteiger partial charge in [-0.05, 0) is 57.5 Å². The van der Waals surface area contributed by atoms with Crippen LogP contribution in [-0.4, -0.2) is 36.5 Å². The molecule has 1 N–H and O–H groups in total. The second-order valence-electron chi connectivity index (χ2n) is 5.96. The number of carbonyl (C=O) groups is 1. The van der Waals surface area contributed by atoms with Gasteiger partial charge in [-0.1, -0.05) is 6.92 Å². The van der Waals surface area contributed by atoms with Crippen molar-refractivity contribution in [3.8, 4) is 0 Å². The van der Waals surface area contributed by atoms with E-state index in [1.54, 1.807) is 0 Å². The summed E-state index contributed by atoms with van der Waals surface area (Å²) >= 11 is 0. The van der Waals surface area contributed by atoms with Crippen LogP contribution < -0.4 is 5.32 Å². The number of hydrogen-bond acceptors (Lipinski definition) is 2. The lowest BCUT2D eigenvalue weighted by atomic mass is 9.92. The summed E-state index contributed by atoms with van der Waals surface area (Å²) in [5.41, 5.74) is 0. The number of likely N-dealkylation sites (tertiary alicyclic amines) is 1. The van der Waals surface area contributed by atoms with Crippen molar-refractivity contribution < 1.29 is 4.79 Å². The predicted molar refractivity (Wildman–Crippen MR) is 69.8 cm³/mol. The third-order valence-corrected chi connectivity index (χ3v) is 4.39. The molecule has 0 bridgehead atoms. The maximum Gasteiger partial charge on any atom is 0.222 e. The Balaban J connectivity index is 1.74. The molecule has 98 valence electrons. The van der Waals surface area contributed by atoms with Crippen LogP contribution in [0.3, 0.4) is 0 Å². The van der Waals surface area contributed by atoms with E-state index in [1.807, 2.05) is 0 Å². The van der Waals surface area contributed by atoms with E-state index in [1.165, 1.54) is 19.3 Å². The SMILES string of the molecule is CC1CCN(C(=O)CCC2CCNC2)C(C)C1. The van der Waals surface area contributed by atoms with E-state index >= 15 is 0 Å². The number of piperidine rings is 1. The van der Waals surface area contributed by atoms with Crippen molar-refractivity contribution in [3.63, 3.8) is 0 Å². The van der Waals surface area contributed by atoms with Gasteiger partial charge in [0.2, 0.25) is 5.91 Å². The van der Waals surface area contributed by atoms with Crippen LogP contribution in [0.1, 0.15) is 46.0 Å². The third kappa shape index (κ3) is 3.44. The summed E-state index contributed by atoms with van der Waals surface area (Å²) in [4.78, 5) is 14.3. The Hall–Kier alpha value is -0.570. The molecule has 0 radical (unpaired) electrons. The van der Waals surface area contributed by atoms with Crippen molar-refractivity contribution in [1.82, 2.24) is 10.2 Å². The Morgan fingerprint density at radius 3 is 2.82 bits per heavy atom. The Morgan fingerprint density at radius 2 is 2.18 bits per heavy atom. The maximum atomic E-state index is 12.2. The lowest BCUT2D eigenvalue weighted by Crippen LogP contribution is -2.44. The minimum atomic E-state index is 0.385. The van der Waals surface area contributed by atoms with Crippen LogP contribution in [0, 0.1) is 11.8 Å². The molecule has 1 amide bonds. The largest absolute Gasteiger partial charge is 0.340 e. The normalized spacial score (nSPS) is 34.0. The van der Waals surface area contributed by atoms with Gasteiger partial charge in [0.15, 0.2) is 0 Å². The van der Waals surface area contributed by atoms with E-state index in [9.17, 15) is 4.79 Å².